The fourth-order valence-corrected chi connectivity index (χ4v) is 6.05. The number of carbonyl (C=O) groups is 2. The van der Waals surface area contributed by atoms with E-state index in [1.807, 2.05) is 0 Å². The Kier molecular flexibility index (Phi) is 14.1. The van der Waals surface area contributed by atoms with Crippen molar-refractivity contribution in [2.45, 2.75) is 132 Å². The topological polar surface area (TPSA) is 105 Å². The zero-order valence-corrected chi connectivity index (χ0v) is 29.1. The first kappa shape index (κ1) is 37.5. The molecule has 0 aliphatic carbocycles. The number of esters is 2. The van der Waals surface area contributed by atoms with E-state index in [1.54, 1.807) is 0 Å². The molecule has 0 aromatic heterocycles. The molecule has 0 spiro atoms. The summed E-state index contributed by atoms with van der Waals surface area (Å²) in [7, 11) is 0. The molecule has 2 rings (SSSR count). The summed E-state index contributed by atoms with van der Waals surface area (Å²) < 4.78 is 12.0. The lowest BCUT2D eigenvalue weighted by Crippen LogP contribution is -2.45. The molecule has 0 heterocycles. The van der Waals surface area contributed by atoms with E-state index in [4.69, 9.17) is 20.9 Å². The van der Waals surface area contributed by atoms with Crippen molar-refractivity contribution < 1.29 is 19.1 Å². The molecule has 44 heavy (non-hydrogen) atoms. The molecule has 0 aliphatic rings. The predicted molar refractivity (Wildman–Crippen MR) is 181 cm³/mol. The molecule has 0 saturated carbocycles. The van der Waals surface area contributed by atoms with Crippen molar-refractivity contribution in [2.24, 2.45) is 34.1 Å². The highest BCUT2D eigenvalue weighted by atomic mass is 16.6. The molecule has 6 nitrogen and oxygen atoms in total. The molecular weight excluding hydrogens is 548 g/mol. The molecule has 2 aromatic carbocycles. The highest BCUT2D eigenvalue weighted by Gasteiger charge is 2.39. The molecule has 0 aliphatic heterocycles. The van der Waals surface area contributed by atoms with E-state index < -0.39 is 35.0 Å². The number of nitrogens with two attached hydrogens (primary N) is 2. The number of aryl methyl sites for hydroxylation is 2. The van der Waals surface area contributed by atoms with Crippen molar-refractivity contribution in [2.75, 3.05) is 0 Å². The van der Waals surface area contributed by atoms with Crippen LogP contribution < -0.4 is 11.5 Å². The van der Waals surface area contributed by atoms with Crippen LogP contribution >= 0.6 is 0 Å². The maximum Gasteiger partial charge on any atom is 0.417 e. The van der Waals surface area contributed by atoms with Gasteiger partial charge in [-0.15, -0.1) is 0 Å². The molecule has 0 fully saturated rings. The molecule has 6 heteroatoms. The van der Waals surface area contributed by atoms with E-state index in [0.29, 0.717) is 37.5 Å². The summed E-state index contributed by atoms with van der Waals surface area (Å²) >= 11 is 0. The van der Waals surface area contributed by atoms with Crippen molar-refractivity contribution in [3.8, 4) is 0 Å². The first-order chi connectivity index (χ1) is 20.4. The van der Waals surface area contributed by atoms with Gasteiger partial charge in [-0.1, -0.05) is 115 Å². The van der Waals surface area contributed by atoms with Crippen molar-refractivity contribution >= 4 is 11.9 Å². The van der Waals surface area contributed by atoms with Gasteiger partial charge in [0.2, 0.25) is 0 Å². The fraction of sp³-hybridized carbons (Fsp3) is 0.632. The smallest absolute Gasteiger partial charge is 0.417 e. The van der Waals surface area contributed by atoms with Crippen molar-refractivity contribution in [1.29, 1.82) is 0 Å². The van der Waals surface area contributed by atoms with Crippen molar-refractivity contribution in [3.05, 3.63) is 70.8 Å². The van der Waals surface area contributed by atoms with Crippen LogP contribution in [0.1, 0.15) is 103 Å². The van der Waals surface area contributed by atoms with Gasteiger partial charge in [-0.05, 0) is 62.5 Å². The summed E-state index contributed by atoms with van der Waals surface area (Å²) in [6.45, 7) is 20.9. The van der Waals surface area contributed by atoms with Gasteiger partial charge in [0, 0.05) is 35.8 Å². The number of hydrogen-bond acceptors (Lipinski definition) is 6. The Labute approximate surface area is 267 Å². The van der Waals surface area contributed by atoms with Gasteiger partial charge in [0.15, 0.2) is 0 Å². The molecule has 0 saturated heterocycles. The third-order valence-corrected chi connectivity index (χ3v) is 8.55. The molecule has 4 N–H and O–H groups in total. The lowest BCUT2D eigenvalue weighted by atomic mass is 9.77. The average Bonchev–Trinajstić information content (AvgIpc) is 2.89. The lowest BCUT2D eigenvalue weighted by Gasteiger charge is -2.37. The maximum absolute atomic E-state index is 13.5. The zero-order valence-electron chi connectivity index (χ0n) is 29.1. The number of hydrogen-bond donors (Lipinski definition) is 2. The van der Waals surface area contributed by atoms with Crippen molar-refractivity contribution in [3.63, 3.8) is 0 Å². The Bertz CT molecular complexity index is 1070. The Hall–Kier alpha value is -2.70. The van der Waals surface area contributed by atoms with Crippen LogP contribution in [-0.4, -0.2) is 36.2 Å². The third kappa shape index (κ3) is 12.7. The van der Waals surface area contributed by atoms with Gasteiger partial charge in [-0.3, -0.25) is 0 Å². The largest absolute Gasteiger partial charge is 0.453 e. The molecule has 0 bridgehead atoms. The molecular formula is C38H60N2O4. The minimum atomic E-state index is -0.975. The number of benzene rings is 2. The summed E-state index contributed by atoms with van der Waals surface area (Å²) in [5.74, 6) is -1.15. The second-order valence-electron chi connectivity index (χ2n) is 15.3. The third-order valence-electron chi connectivity index (χ3n) is 8.55. The predicted octanol–water partition coefficient (Wildman–Crippen LogP) is 7.49. The molecule has 2 aromatic rings. The average molecular weight is 609 g/mol. The van der Waals surface area contributed by atoms with Crippen LogP contribution in [0.4, 0.5) is 0 Å². The summed E-state index contributed by atoms with van der Waals surface area (Å²) in [6, 6.07) is 16.4. The lowest BCUT2D eigenvalue weighted by molar-refractivity contribution is -0.181. The van der Waals surface area contributed by atoms with E-state index in [0.717, 1.165) is 24.0 Å². The SMILES string of the molecule is Cc1ccc(CC(C)(C)C(CC(N)CC(C)C)OC(=O)C(=O)OC(CC(N)CC(C)C)C(C)(C)Cc2ccc(C)cc2)cc1. The first-order valence-electron chi connectivity index (χ1n) is 16.4. The summed E-state index contributed by atoms with van der Waals surface area (Å²) in [4.78, 5) is 26.9. The Morgan fingerprint density at radius 3 is 1.16 bits per heavy atom. The Balaban J connectivity index is 2.28. The van der Waals surface area contributed by atoms with Gasteiger partial charge >= 0.3 is 11.9 Å². The maximum atomic E-state index is 13.5. The quantitative estimate of drug-likeness (QED) is 0.151. The van der Waals surface area contributed by atoms with E-state index in [-0.39, 0.29) is 12.1 Å². The van der Waals surface area contributed by atoms with E-state index in [2.05, 4.69) is 118 Å². The second-order valence-corrected chi connectivity index (χ2v) is 15.3. The van der Waals surface area contributed by atoms with Crippen LogP contribution in [0.3, 0.4) is 0 Å². The molecule has 0 radical (unpaired) electrons. The minimum absolute atomic E-state index is 0.170. The highest BCUT2D eigenvalue weighted by molar-refractivity contribution is 6.29. The molecule has 246 valence electrons. The summed E-state index contributed by atoms with van der Waals surface area (Å²) in [6.07, 6.45) is 2.70. The molecule has 4 unspecified atom stereocenters. The summed E-state index contributed by atoms with van der Waals surface area (Å²) in [5.41, 5.74) is 16.8. The van der Waals surface area contributed by atoms with E-state index >= 15 is 0 Å². The van der Waals surface area contributed by atoms with Gasteiger partial charge in [0.05, 0.1) is 0 Å². The van der Waals surface area contributed by atoms with Gasteiger partial charge in [0.25, 0.3) is 0 Å². The molecule has 0 amide bonds. The van der Waals surface area contributed by atoms with Crippen molar-refractivity contribution in [1.82, 2.24) is 0 Å². The number of rotatable bonds is 16. The zero-order chi connectivity index (χ0) is 33.2. The van der Waals surface area contributed by atoms with Gasteiger partial charge in [-0.25, -0.2) is 9.59 Å². The van der Waals surface area contributed by atoms with E-state index in [1.165, 1.54) is 11.1 Å². The first-order valence-corrected chi connectivity index (χ1v) is 16.4. The second kappa shape index (κ2) is 16.6. The van der Waals surface area contributed by atoms with Gasteiger partial charge in [-0.2, -0.15) is 0 Å². The standard InChI is InChI=1S/C38H60N2O4/c1-25(2)19-31(39)21-33(37(7,8)23-29-15-11-27(5)12-16-29)43-35(41)36(42)44-34(22-32(40)20-26(3)4)38(9,10)24-30-17-13-28(6)14-18-30/h11-18,25-26,31-34H,19-24,39-40H2,1-10H3. The summed E-state index contributed by atoms with van der Waals surface area (Å²) in [5, 5.41) is 0. The molecule has 4 atom stereocenters. The van der Waals surface area contributed by atoms with Crippen LogP contribution in [0.5, 0.6) is 0 Å². The number of ether oxygens (including phenoxy) is 2. The normalized spacial score (nSPS) is 15.1. The minimum Gasteiger partial charge on any atom is -0.453 e. The Morgan fingerprint density at radius 1 is 0.591 bits per heavy atom. The van der Waals surface area contributed by atoms with Crippen LogP contribution in [0.15, 0.2) is 48.5 Å². The van der Waals surface area contributed by atoms with Crippen LogP contribution in [0.2, 0.25) is 0 Å². The fourth-order valence-electron chi connectivity index (χ4n) is 6.05. The van der Waals surface area contributed by atoms with E-state index in [9.17, 15) is 9.59 Å². The highest BCUT2D eigenvalue weighted by Crippen LogP contribution is 2.34. The van der Waals surface area contributed by atoms with Crippen LogP contribution in [0.25, 0.3) is 0 Å². The Morgan fingerprint density at radius 2 is 0.886 bits per heavy atom. The van der Waals surface area contributed by atoms with Gasteiger partial charge in [0.1, 0.15) is 12.2 Å². The van der Waals surface area contributed by atoms with Crippen LogP contribution in [0, 0.1) is 36.5 Å². The van der Waals surface area contributed by atoms with Gasteiger partial charge < -0.3 is 20.9 Å². The van der Waals surface area contributed by atoms with Crippen LogP contribution in [-0.2, 0) is 31.9 Å². The number of carbonyl (C=O) groups excluding carboxylic acids is 2. The monoisotopic (exact) mass is 608 g/mol.